The molecule has 0 spiro atoms. The van der Waals surface area contributed by atoms with Crippen molar-refractivity contribution in [1.29, 1.82) is 0 Å². The molecule has 1 aliphatic carbocycles. The molecule has 2 heteroatoms. The van der Waals surface area contributed by atoms with Gasteiger partial charge in [-0.1, -0.05) is 12.8 Å². The minimum Gasteiger partial charge on any atom is -0.395 e. The fourth-order valence-electron chi connectivity index (χ4n) is 1.46. The zero-order chi connectivity index (χ0) is 8.27. The maximum atomic E-state index is 8.77. The van der Waals surface area contributed by atoms with Gasteiger partial charge >= 0.3 is 0 Å². The Labute approximate surface area is 69.0 Å². The lowest BCUT2D eigenvalue weighted by atomic mass is 10.1. The summed E-state index contributed by atoms with van der Waals surface area (Å²) in [4.78, 5) is 0. The van der Waals surface area contributed by atoms with Crippen molar-refractivity contribution in [2.75, 3.05) is 6.61 Å². The van der Waals surface area contributed by atoms with Gasteiger partial charge in [-0.15, -0.1) is 0 Å². The molecule has 0 heterocycles. The molecule has 0 aliphatic heterocycles. The lowest BCUT2D eigenvalue weighted by molar-refractivity contribution is 0.239. The highest BCUT2D eigenvalue weighted by molar-refractivity contribution is 4.79. The van der Waals surface area contributed by atoms with Crippen molar-refractivity contribution in [3.63, 3.8) is 0 Å². The van der Waals surface area contributed by atoms with E-state index in [4.69, 9.17) is 5.11 Å². The first-order valence-corrected chi connectivity index (χ1v) is 4.59. The summed E-state index contributed by atoms with van der Waals surface area (Å²) in [5, 5.41) is 12.1. The zero-order valence-corrected chi connectivity index (χ0v) is 7.51. The van der Waals surface area contributed by atoms with Crippen molar-refractivity contribution in [2.24, 2.45) is 5.92 Å². The van der Waals surface area contributed by atoms with E-state index in [-0.39, 0.29) is 12.6 Å². The van der Waals surface area contributed by atoms with Gasteiger partial charge in [-0.2, -0.15) is 0 Å². The molecule has 2 unspecified atom stereocenters. The summed E-state index contributed by atoms with van der Waals surface area (Å²) in [5.74, 6) is 0.975. The summed E-state index contributed by atoms with van der Waals surface area (Å²) in [6.07, 6.45) is 4.11. The van der Waals surface area contributed by atoms with E-state index in [2.05, 4.69) is 12.2 Å². The Morgan fingerprint density at radius 2 is 2.00 bits per heavy atom. The summed E-state index contributed by atoms with van der Waals surface area (Å²) in [6.45, 7) is 4.46. The van der Waals surface area contributed by atoms with Crippen molar-refractivity contribution in [3.8, 4) is 0 Å². The smallest absolute Gasteiger partial charge is 0.0582 e. The molecule has 2 atom stereocenters. The van der Waals surface area contributed by atoms with Crippen LogP contribution in [-0.2, 0) is 0 Å². The van der Waals surface area contributed by atoms with Gasteiger partial charge in [0.15, 0.2) is 0 Å². The Kier molecular flexibility index (Phi) is 3.34. The molecule has 0 amide bonds. The van der Waals surface area contributed by atoms with Crippen molar-refractivity contribution in [3.05, 3.63) is 0 Å². The first-order chi connectivity index (χ1) is 5.22. The number of aliphatic hydroxyl groups is 1. The van der Waals surface area contributed by atoms with E-state index in [1.807, 2.05) is 6.92 Å². The minimum absolute atomic E-state index is 0.245. The Hall–Kier alpha value is -0.0800. The first-order valence-electron chi connectivity index (χ1n) is 4.59. The van der Waals surface area contributed by atoms with Gasteiger partial charge in [0.05, 0.1) is 6.61 Å². The monoisotopic (exact) mass is 157 g/mol. The Morgan fingerprint density at radius 3 is 2.45 bits per heavy atom. The Balaban J connectivity index is 2.03. The van der Waals surface area contributed by atoms with Gasteiger partial charge in [0.2, 0.25) is 0 Å². The van der Waals surface area contributed by atoms with Crippen molar-refractivity contribution >= 4 is 0 Å². The van der Waals surface area contributed by atoms with Crippen LogP contribution in [-0.4, -0.2) is 23.8 Å². The van der Waals surface area contributed by atoms with E-state index in [0.29, 0.717) is 6.04 Å². The third-order valence-electron chi connectivity index (χ3n) is 2.23. The fraction of sp³-hybridized carbons (Fsp3) is 1.00. The molecule has 0 saturated heterocycles. The van der Waals surface area contributed by atoms with Gasteiger partial charge < -0.3 is 10.4 Å². The van der Waals surface area contributed by atoms with Gasteiger partial charge in [-0.05, 0) is 26.2 Å². The molecule has 0 aromatic heterocycles. The molecule has 11 heavy (non-hydrogen) atoms. The van der Waals surface area contributed by atoms with E-state index in [1.54, 1.807) is 0 Å². The number of hydrogen-bond donors (Lipinski definition) is 2. The molecule has 1 fully saturated rings. The van der Waals surface area contributed by atoms with Gasteiger partial charge in [-0.25, -0.2) is 0 Å². The molecule has 2 N–H and O–H groups in total. The van der Waals surface area contributed by atoms with E-state index in [0.717, 1.165) is 5.92 Å². The van der Waals surface area contributed by atoms with E-state index in [9.17, 15) is 0 Å². The van der Waals surface area contributed by atoms with Crippen LogP contribution >= 0.6 is 0 Å². The SMILES string of the molecule is CC(CO)NC(C)CC1CC1. The molecule has 0 radical (unpaired) electrons. The zero-order valence-electron chi connectivity index (χ0n) is 7.51. The maximum absolute atomic E-state index is 8.77. The second-order valence-electron chi connectivity index (χ2n) is 3.83. The third-order valence-corrected chi connectivity index (χ3v) is 2.23. The van der Waals surface area contributed by atoms with Crippen LogP contribution in [0, 0.1) is 5.92 Å². The Bertz CT molecular complexity index is 112. The van der Waals surface area contributed by atoms with E-state index in [1.165, 1.54) is 19.3 Å². The molecule has 1 saturated carbocycles. The van der Waals surface area contributed by atoms with Crippen molar-refractivity contribution in [1.82, 2.24) is 5.32 Å². The van der Waals surface area contributed by atoms with E-state index >= 15 is 0 Å². The quantitative estimate of drug-likeness (QED) is 0.627. The van der Waals surface area contributed by atoms with Gasteiger partial charge in [0.25, 0.3) is 0 Å². The number of rotatable bonds is 5. The second kappa shape index (κ2) is 4.07. The summed E-state index contributed by atoms with van der Waals surface area (Å²) in [5.41, 5.74) is 0. The standard InChI is InChI=1S/C9H19NO/c1-7(5-9-3-4-9)10-8(2)6-11/h7-11H,3-6H2,1-2H3. The second-order valence-corrected chi connectivity index (χ2v) is 3.83. The van der Waals surface area contributed by atoms with Crippen LogP contribution in [0.1, 0.15) is 33.1 Å². The van der Waals surface area contributed by atoms with Gasteiger partial charge in [-0.3, -0.25) is 0 Å². The molecular weight excluding hydrogens is 138 g/mol. The molecule has 66 valence electrons. The number of hydrogen-bond acceptors (Lipinski definition) is 2. The lowest BCUT2D eigenvalue weighted by Crippen LogP contribution is -2.36. The third kappa shape index (κ3) is 3.73. The van der Waals surface area contributed by atoms with Crippen LogP contribution in [0.2, 0.25) is 0 Å². The van der Waals surface area contributed by atoms with Gasteiger partial charge in [0.1, 0.15) is 0 Å². The van der Waals surface area contributed by atoms with Crippen molar-refractivity contribution in [2.45, 2.75) is 45.2 Å². The molecule has 2 nitrogen and oxygen atoms in total. The molecule has 0 aromatic rings. The van der Waals surface area contributed by atoms with E-state index < -0.39 is 0 Å². The average molecular weight is 157 g/mol. The number of nitrogens with one attached hydrogen (secondary N) is 1. The molecule has 1 rings (SSSR count). The predicted octanol–water partition coefficient (Wildman–Crippen LogP) is 1.15. The highest BCUT2D eigenvalue weighted by atomic mass is 16.3. The average Bonchev–Trinajstić information content (AvgIpc) is 2.71. The predicted molar refractivity (Wildman–Crippen MR) is 46.5 cm³/mol. The number of aliphatic hydroxyl groups excluding tert-OH is 1. The molecule has 0 aromatic carbocycles. The molecular formula is C9H19NO. The normalized spacial score (nSPS) is 23.2. The topological polar surface area (TPSA) is 32.3 Å². The first kappa shape index (κ1) is 9.01. The Morgan fingerprint density at radius 1 is 1.36 bits per heavy atom. The fourth-order valence-corrected chi connectivity index (χ4v) is 1.46. The van der Waals surface area contributed by atoms with Crippen LogP contribution in [0.15, 0.2) is 0 Å². The van der Waals surface area contributed by atoms with Crippen molar-refractivity contribution < 1.29 is 5.11 Å². The minimum atomic E-state index is 0.245. The molecule has 1 aliphatic rings. The summed E-state index contributed by atoms with van der Waals surface area (Å²) in [7, 11) is 0. The maximum Gasteiger partial charge on any atom is 0.0582 e. The van der Waals surface area contributed by atoms with Crippen LogP contribution in [0.5, 0.6) is 0 Å². The van der Waals surface area contributed by atoms with Crippen LogP contribution in [0.25, 0.3) is 0 Å². The van der Waals surface area contributed by atoms with Gasteiger partial charge in [0, 0.05) is 12.1 Å². The summed E-state index contributed by atoms with van der Waals surface area (Å²) >= 11 is 0. The van der Waals surface area contributed by atoms with Crippen LogP contribution in [0.3, 0.4) is 0 Å². The van der Waals surface area contributed by atoms with Crippen LogP contribution < -0.4 is 5.32 Å². The van der Waals surface area contributed by atoms with Crippen LogP contribution in [0.4, 0.5) is 0 Å². The highest BCUT2D eigenvalue weighted by Crippen LogP contribution is 2.33. The highest BCUT2D eigenvalue weighted by Gasteiger charge is 2.23. The summed E-state index contributed by atoms with van der Waals surface area (Å²) < 4.78 is 0. The molecule has 0 bridgehead atoms. The lowest BCUT2D eigenvalue weighted by Gasteiger charge is -2.17. The largest absolute Gasteiger partial charge is 0.395 e. The summed E-state index contributed by atoms with van der Waals surface area (Å²) in [6, 6.07) is 0.827.